The zero-order valence-electron chi connectivity index (χ0n) is 12.1. The van der Waals surface area contributed by atoms with Crippen LogP contribution in [0, 0.1) is 11.3 Å². The lowest BCUT2D eigenvalue weighted by Gasteiger charge is -2.33. The summed E-state index contributed by atoms with van der Waals surface area (Å²) in [5.74, 6) is 0. The van der Waals surface area contributed by atoms with E-state index in [-0.39, 0.29) is 0 Å². The molecule has 1 aromatic heterocycles. The second kappa shape index (κ2) is 7.10. The Morgan fingerprint density at radius 3 is 3.00 bits per heavy atom. The normalized spacial score (nSPS) is 18.2. The molecule has 1 aromatic carbocycles. The Kier molecular flexibility index (Phi) is 4.94. The Bertz CT molecular complexity index is 665. The highest BCUT2D eigenvalue weighted by molar-refractivity contribution is 7.10. The molecule has 2 heterocycles. The molecule has 0 spiro atoms. The van der Waals surface area contributed by atoms with E-state index < -0.39 is 0 Å². The zero-order valence-corrected chi connectivity index (χ0v) is 13.7. The summed E-state index contributed by atoms with van der Waals surface area (Å²) in [5.41, 5.74) is 1.80. The molecule has 6 heteroatoms. The van der Waals surface area contributed by atoms with E-state index in [2.05, 4.69) is 44.9 Å². The van der Waals surface area contributed by atoms with Gasteiger partial charge in [0, 0.05) is 25.7 Å². The van der Waals surface area contributed by atoms with Crippen molar-refractivity contribution >= 4 is 28.1 Å². The van der Waals surface area contributed by atoms with Gasteiger partial charge >= 0.3 is 0 Å². The third-order valence-corrected chi connectivity index (χ3v) is 5.17. The van der Waals surface area contributed by atoms with Crippen molar-refractivity contribution < 1.29 is 0 Å². The second-order valence-electron chi connectivity index (χ2n) is 5.42. The Balaban J connectivity index is 1.63. The summed E-state index contributed by atoms with van der Waals surface area (Å²) in [6, 6.07) is 13.0. The summed E-state index contributed by atoms with van der Waals surface area (Å²) in [6.45, 7) is 2.71. The second-order valence-corrected chi connectivity index (χ2v) is 6.53. The quantitative estimate of drug-likeness (QED) is 0.932. The molecule has 2 aromatic rings. The number of anilines is 1. The highest BCUT2D eigenvalue weighted by atomic mass is 35.5. The minimum atomic E-state index is 0.321. The van der Waals surface area contributed by atoms with Crippen LogP contribution in [0.15, 0.2) is 30.3 Å². The average Bonchev–Trinajstić information content (AvgIpc) is 2.95. The number of benzene rings is 1. The minimum absolute atomic E-state index is 0.321. The van der Waals surface area contributed by atoms with Crippen LogP contribution in [-0.4, -0.2) is 23.5 Å². The average molecular weight is 333 g/mol. The molecule has 1 aliphatic heterocycles. The van der Waals surface area contributed by atoms with Crippen LogP contribution >= 0.6 is 23.1 Å². The van der Waals surface area contributed by atoms with Crippen molar-refractivity contribution in [1.82, 2.24) is 9.69 Å². The number of halogens is 1. The summed E-state index contributed by atoms with van der Waals surface area (Å²) < 4.78 is 4.10. The van der Waals surface area contributed by atoms with Crippen LogP contribution in [-0.2, 0) is 6.54 Å². The lowest BCUT2D eigenvalue weighted by atomic mass is 10.1. The summed E-state index contributed by atoms with van der Waals surface area (Å²) >= 11 is 7.29. The van der Waals surface area contributed by atoms with Gasteiger partial charge in [-0.1, -0.05) is 41.9 Å². The number of nitrogens with one attached hydrogen (secondary N) is 1. The van der Waals surface area contributed by atoms with Crippen molar-refractivity contribution in [3.63, 3.8) is 0 Å². The molecule has 1 aliphatic rings. The predicted molar refractivity (Wildman–Crippen MR) is 90.4 cm³/mol. The van der Waals surface area contributed by atoms with Crippen molar-refractivity contribution in [2.24, 2.45) is 0 Å². The van der Waals surface area contributed by atoms with Gasteiger partial charge in [0.05, 0.1) is 0 Å². The molecular weight excluding hydrogens is 316 g/mol. The number of rotatable bonds is 4. The van der Waals surface area contributed by atoms with E-state index in [1.807, 2.05) is 6.07 Å². The van der Waals surface area contributed by atoms with E-state index >= 15 is 0 Å². The monoisotopic (exact) mass is 332 g/mol. The van der Waals surface area contributed by atoms with Crippen molar-refractivity contribution in [2.75, 3.05) is 18.0 Å². The maximum atomic E-state index is 9.23. The van der Waals surface area contributed by atoms with Gasteiger partial charge in [-0.2, -0.15) is 9.64 Å². The maximum Gasteiger partial charge on any atom is 0.162 e. The lowest BCUT2D eigenvalue weighted by Crippen LogP contribution is -2.45. The molecule has 0 radical (unpaired) electrons. The van der Waals surface area contributed by atoms with Gasteiger partial charge in [-0.15, -0.1) is 0 Å². The minimum Gasteiger partial charge on any atom is -0.359 e. The highest BCUT2D eigenvalue weighted by Crippen LogP contribution is 2.32. The first kappa shape index (κ1) is 15.3. The molecule has 4 nitrogen and oxygen atoms in total. The first-order valence-electron chi connectivity index (χ1n) is 7.35. The van der Waals surface area contributed by atoms with Crippen LogP contribution in [0.25, 0.3) is 0 Å². The number of hydrogen-bond donors (Lipinski definition) is 1. The molecule has 1 N–H and O–H groups in total. The van der Waals surface area contributed by atoms with Gasteiger partial charge in [-0.25, -0.2) is 0 Å². The van der Waals surface area contributed by atoms with E-state index in [0.717, 1.165) is 37.5 Å². The molecule has 0 saturated carbocycles. The van der Waals surface area contributed by atoms with Gasteiger partial charge in [-0.05, 0) is 29.9 Å². The standard InChI is InChI=1S/C16H17ClN4S/c17-15-14(9-18)16(22-20-15)21-8-4-7-13(11-21)19-10-12-5-2-1-3-6-12/h1-3,5-6,13,19H,4,7-8,10-11H2. The summed E-state index contributed by atoms with van der Waals surface area (Å²) in [6.07, 6.45) is 2.25. The van der Waals surface area contributed by atoms with Gasteiger partial charge in [0.2, 0.25) is 0 Å². The molecule has 1 fully saturated rings. The van der Waals surface area contributed by atoms with Gasteiger partial charge in [0.25, 0.3) is 0 Å². The van der Waals surface area contributed by atoms with Crippen LogP contribution < -0.4 is 10.2 Å². The molecule has 0 bridgehead atoms. The fourth-order valence-corrected chi connectivity index (χ4v) is 3.82. The first-order valence-corrected chi connectivity index (χ1v) is 8.50. The van der Waals surface area contributed by atoms with Crippen LogP contribution in [0.4, 0.5) is 5.00 Å². The third kappa shape index (κ3) is 3.41. The Morgan fingerprint density at radius 1 is 1.41 bits per heavy atom. The number of nitrogens with zero attached hydrogens (tertiary/aromatic N) is 3. The third-order valence-electron chi connectivity index (χ3n) is 3.89. The molecule has 114 valence electrons. The molecule has 0 amide bonds. The van der Waals surface area contributed by atoms with Crippen LogP contribution in [0.5, 0.6) is 0 Å². The zero-order chi connectivity index (χ0) is 15.4. The smallest absolute Gasteiger partial charge is 0.162 e. The van der Waals surface area contributed by atoms with Crippen LogP contribution in [0.2, 0.25) is 5.15 Å². The molecule has 1 atom stereocenters. The molecule has 1 unspecified atom stereocenters. The molecule has 1 saturated heterocycles. The molecular formula is C16H17ClN4S. The predicted octanol–water partition coefficient (Wildman–Crippen LogP) is 3.43. The summed E-state index contributed by atoms with van der Waals surface area (Å²) in [5, 5.41) is 14.1. The van der Waals surface area contributed by atoms with Gasteiger partial charge in [-0.3, -0.25) is 0 Å². The Hall–Kier alpha value is -1.61. The number of piperidine rings is 1. The van der Waals surface area contributed by atoms with Crippen LogP contribution in [0.3, 0.4) is 0 Å². The SMILES string of the molecule is N#Cc1c(Cl)nsc1N1CCCC(NCc2ccccc2)C1. The van der Waals surface area contributed by atoms with Crippen molar-refractivity contribution in [3.8, 4) is 6.07 Å². The van der Waals surface area contributed by atoms with Crippen LogP contribution in [0.1, 0.15) is 24.0 Å². The Labute approximate surface area is 139 Å². The highest BCUT2D eigenvalue weighted by Gasteiger charge is 2.24. The van der Waals surface area contributed by atoms with Crippen molar-refractivity contribution in [1.29, 1.82) is 5.26 Å². The van der Waals surface area contributed by atoms with E-state index in [9.17, 15) is 5.26 Å². The van der Waals surface area contributed by atoms with E-state index in [0.29, 0.717) is 16.8 Å². The van der Waals surface area contributed by atoms with Gasteiger partial charge in [0.15, 0.2) is 5.15 Å². The van der Waals surface area contributed by atoms with Gasteiger partial charge < -0.3 is 10.2 Å². The Morgan fingerprint density at radius 2 is 2.23 bits per heavy atom. The maximum absolute atomic E-state index is 9.23. The molecule has 22 heavy (non-hydrogen) atoms. The van der Waals surface area contributed by atoms with Crippen molar-refractivity contribution in [2.45, 2.75) is 25.4 Å². The topological polar surface area (TPSA) is 52.0 Å². The van der Waals surface area contributed by atoms with Crippen molar-refractivity contribution in [3.05, 3.63) is 46.6 Å². The van der Waals surface area contributed by atoms with E-state index in [1.165, 1.54) is 17.1 Å². The van der Waals surface area contributed by atoms with E-state index in [1.54, 1.807) is 0 Å². The van der Waals surface area contributed by atoms with E-state index in [4.69, 9.17) is 11.6 Å². The number of aromatic nitrogens is 1. The largest absolute Gasteiger partial charge is 0.359 e. The number of nitriles is 1. The number of hydrogen-bond acceptors (Lipinski definition) is 5. The summed E-state index contributed by atoms with van der Waals surface area (Å²) in [7, 11) is 0. The molecule has 0 aliphatic carbocycles. The molecule has 3 rings (SSSR count). The van der Waals surface area contributed by atoms with Gasteiger partial charge in [0.1, 0.15) is 16.6 Å². The lowest BCUT2D eigenvalue weighted by molar-refractivity contribution is 0.422. The fraction of sp³-hybridized carbons (Fsp3) is 0.375. The fourth-order valence-electron chi connectivity index (χ4n) is 2.76. The summed E-state index contributed by atoms with van der Waals surface area (Å²) in [4.78, 5) is 2.23. The first-order chi connectivity index (χ1) is 10.8.